The molecule has 0 aromatic heterocycles. The summed E-state index contributed by atoms with van der Waals surface area (Å²) in [5.74, 6) is -0.210. The summed E-state index contributed by atoms with van der Waals surface area (Å²) in [6.07, 6.45) is 0. The Morgan fingerprint density at radius 2 is 2.40 bits per heavy atom. The molecule has 1 unspecified atom stereocenters. The zero-order valence-electron chi connectivity index (χ0n) is 8.36. The highest BCUT2D eigenvalue weighted by Gasteiger charge is 2.23. The average molecular weight is 207 g/mol. The van der Waals surface area contributed by atoms with Gasteiger partial charge in [-0.05, 0) is 0 Å². The molecule has 1 heterocycles. The normalized spacial score (nSPS) is 21.3. The van der Waals surface area contributed by atoms with E-state index < -0.39 is 0 Å². The summed E-state index contributed by atoms with van der Waals surface area (Å²) in [7, 11) is 0. The van der Waals surface area contributed by atoms with Crippen LogP contribution < -0.4 is 10.6 Å². The first-order chi connectivity index (χ1) is 7.27. The summed E-state index contributed by atoms with van der Waals surface area (Å²) in [4.78, 5) is 13.1. The van der Waals surface area contributed by atoms with Gasteiger partial charge in [0.25, 0.3) is 0 Å². The van der Waals surface area contributed by atoms with Crippen LogP contribution in [0.5, 0.6) is 0 Å². The molecule has 15 heavy (non-hydrogen) atoms. The van der Waals surface area contributed by atoms with Crippen molar-refractivity contribution in [1.29, 1.82) is 10.5 Å². The Kier molecular flexibility index (Phi) is 4.55. The van der Waals surface area contributed by atoms with Gasteiger partial charge in [-0.3, -0.25) is 9.69 Å². The van der Waals surface area contributed by atoms with Crippen LogP contribution in [0, 0.1) is 22.7 Å². The van der Waals surface area contributed by atoms with E-state index in [1.165, 1.54) is 0 Å². The van der Waals surface area contributed by atoms with Crippen molar-refractivity contribution in [3.63, 3.8) is 0 Å². The van der Waals surface area contributed by atoms with Crippen molar-refractivity contribution in [3.8, 4) is 12.1 Å². The van der Waals surface area contributed by atoms with Gasteiger partial charge in [-0.25, -0.2) is 0 Å². The van der Waals surface area contributed by atoms with Crippen LogP contribution in [-0.2, 0) is 4.79 Å². The van der Waals surface area contributed by atoms with Gasteiger partial charge in [0.2, 0.25) is 5.91 Å². The second-order valence-corrected chi connectivity index (χ2v) is 3.25. The molecule has 1 amide bonds. The Hall–Kier alpha value is -1.63. The number of hydrogen-bond acceptors (Lipinski definition) is 5. The van der Waals surface area contributed by atoms with Gasteiger partial charge in [0.05, 0.1) is 18.7 Å². The first kappa shape index (κ1) is 11.4. The summed E-state index contributed by atoms with van der Waals surface area (Å²) < 4.78 is 0. The fraction of sp³-hybridized carbons (Fsp3) is 0.667. The average Bonchev–Trinajstić information content (AvgIpc) is 2.27. The molecule has 0 aliphatic carbocycles. The van der Waals surface area contributed by atoms with E-state index in [1.54, 1.807) is 0 Å². The maximum Gasteiger partial charge on any atom is 0.235 e. The third-order valence-corrected chi connectivity index (χ3v) is 2.21. The van der Waals surface area contributed by atoms with Crippen LogP contribution in [0.1, 0.15) is 0 Å². The Morgan fingerprint density at radius 1 is 1.60 bits per heavy atom. The van der Waals surface area contributed by atoms with E-state index in [-0.39, 0.29) is 25.0 Å². The van der Waals surface area contributed by atoms with Crippen molar-refractivity contribution in [2.75, 3.05) is 32.7 Å². The highest BCUT2D eigenvalue weighted by Crippen LogP contribution is 2.00. The summed E-state index contributed by atoms with van der Waals surface area (Å²) in [6.45, 7) is 2.24. The molecular weight excluding hydrogens is 194 g/mol. The van der Waals surface area contributed by atoms with Crippen LogP contribution in [0.2, 0.25) is 0 Å². The lowest BCUT2D eigenvalue weighted by Gasteiger charge is -2.30. The Labute approximate surface area is 88.5 Å². The number of carbonyl (C=O) groups excluding carboxylic acids is 1. The SMILES string of the molecule is N#CCNC(=O)CN1CCNCC1C#N. The number of nitriles is 2. The van der Waals surface area contributed by atoms with Gasteiger partial charge < -0.3 is 10.6 Å². The van der Waals surface area contributed by atoms with Gasteiger partial charge in [-0.15, -0.1) is 0 Å². The number of nitrogens with zero attached hydrogens (tertiary/aromatic N) is 3. The Balaban J connectivity index is 2.39. The molecule has 0 bridgehead atoms. The lowest BCUT2D eigenvalue weighted by atomic mass is 10.2. The molecule has 0 spiro atoms. The lowest BCUT2D eigenvalue weighted by Crippen LogP contribution is -2.53. The van der Waals surface area contributed by atoms with Crippen LogP contribution in [0.4, 0.5) is 0 Å². The maximum absolute atomic E-state index is 11.3. The van der Waals surface area contributed by atoms with E-state index in [2.05, 4.69) is 16.7 Å². The molecule has 1 aliphatic rings. The summed E-state index contributed by atoms with van der Waals surface area (Å²) in [5, 5.41) is 22.6. The van der Waals surface area contributed by atoms with Crippen molar-refractivity contribution in [2.24, 2.45) is 0 Å². The molecule has 0 saturated carbocycles. The fourth-order valence-corrected chi connectivity index (χ4v) is 1.44. The third-order valence-electron chi connectivity index (χ3n) is 2.21. The van der Waals surface area contributed by atoms with Gasteiger partial charge in [0, 0.05) is 19.6 Å². The number of piperazine rings is 1. The standard InChI is InChI=1S/C9H13N5O/c10-1-2-13-9(15)7-14-4-3-12-6-8(14)5-11/h8,12H,2-4,6-7H2,(H,13,15). The Bertz CT molecular complexity index is 303. The zero-order valence-corrected chi connectivity index (χ0v) is 8.36. The van der Waals surface area contributed by atoms with Gasteiger partial charge >= 0.3 is 0 Å². The number of hydrogen-bond donors (Lipinski definition) is 2. The molecule has 1 atom stereocenters. The molecule has 2 N–H and O–H groups in total. The highest BCUT2D eigenvalue weighted by atomic mass is 16.2. The number of amides is 1. The number of carbonyl (C=O) groups is 1. The largest absolute Gasteiger partial charge is 0.342 e. The number of rotatable bonds is 3. The minimum absolute atomic E-state index is 0.0160. The van der Waals surface area contributed by atoms with E-state index in [4.69, 9.17) is 10.5 Å². The van der Waals surface area contributed by atoms with Crippen LogP contribution in [0.3, 0.4) is 0 Å². The van der Waals surface area contributed by atoms with Crippen molar-refractivity contribution >= 4 is 5.91 Å². The second-order valence-electron chi connectivity index (χ2n) is 3.25. The smallest absolute Gasteiger partial charge is 0.235 e. The highest BCUT2D eigenvalue weighted by molar-refractivity contribution is 5.78. The van der Waals surface area contributed by atoms with Crippen molar-refractivity contribution in [1.82, 2.24) is 15.5 Å². The van der Waals surface area contributed by atoms with Crippen LogP contribution in [-0.4, -0.2) is 49.6 Å². The molecule has 0 aromatic rings. The fourth-order valence-electron chi connectivity index (χ4n) is 1.44. The maximum atomic E-state index is 11.3. The quantitative estimate of drug-likeness (QED) is 0.545. The Morgan fingerprint density at radius 3 is 3.07 bits per heavy atom. The minimum atomic E-state index is -0.258. The van der Waals surface area contributed by atoms with E-state index >= 15 is 0 Å². The van der Waals surface area contributed by atoms with Gasteiger partial charge in [-0.2, -0.15) is 10.5 Å². The molecule has 6 heteroatoms. The molecule has 0 aromatic carbocycles. The first-order valence-electron chi connectivity index (χ1n) is 4.76. The second kappa shape index (κ2) is 5.97. The predicted molar refractivity (Wildman–Crippen MR) is 52.5 cm³/mol. The van der Waals surface area contributed by atoms with E-state index in [9.17, 15) is 4.79 Å². The van der Waals surface area contributed by atoms with Crippen molar-refractivity contribution in [2.45, 2.75) is 6.04 Å². The molecule has 1 saturated heterocycles. The van der Waals surface area contributed by atoms with Crippen LogP contribution >= 0.6 is 0 Å². The summed E-state index contributed by atoms with van der Waals surface area (Å²) in [6, 6.07) is 3.71. The molecular formula is C9H13N5O. The van der Waals surface area contributed by atoms with Gasteiger partial charge in [0.15, 0.2) is 0 Å². The first-order valence-corrected chi connectivity index (χ1v) is 4.76. The topological polar surface area (TPSA) is 91.9 Å². The molecule has 0 radical (unpaired) electrons. The molecule has 1 rings (SSSR count). The van der Waals surface area contributed by atoms with E-state index in [0.29, 0.717) is 13.1 Å². The minimum Gasteiger partial charge on any atom is -0.342 e. The van der Waals surface area contributed by atoms with E-state index in [1.807, 2.05) is 11.0 Å². The lowest BCUT2D eigenvalue weighted by molar-refractivity contribution is -0.122. The predicted octanol–water partition coefficient (Wildman–Crippen LogP) is -1.58. The van der Waals surface area contributed by atoms with Gasteiger partial charge in [-0.1, -0.05) is 0 Å². The third kappa shape index (κ3) is 3.55. The molecule has 6 nitrogen and oxygen atoms in total. The summed E-state index contributed by atoms with van der Waals surface area (Å²) in [5.41, 5.74) is 0. The molecule has 1 fully saturated rings. The molecule has 80 valence electrons. The van der Waals surface area contributed by atoms with Crippen molar-refractivity contribution < 1.29 is 4.79 Å². The van der Waals surface area contributed by atoms with Gasteiger partial charge in [0.1, 0.15) is 12.6 Å². The van der Waals surface area contributed by atoms with Crippen molar-refractivity contribution in [3.05, 3.63) is 0 Å². The number of nitrogens with one attached hydrogen (secondary N) is 2. The van der Waals surface area contributed by atoms with E-state index in [0.717, 1.165) is 6.54 Å². The monoisotopic (exact) mass is 207 g/mol. The zero-order chi connectivity index (χ0) is 11.1. The van der Waals surface area contributed by atoms with Crippen LogP contribution in [0.25, 0.3) is 0 Å². The molecule has 1 aliphatic heterocycles. The summed E-state index contributed by atoms with van der Waals surface area (Å²) >= 11 is 0. The van der Waals surface area contributed by atoms with Crippen LogP contribution in [0.15, 0.2) is 0 Å².